The van der Waals surface area contributed by atoms with Crippen molar-refractivity contribution in [2.45, 2.75) is 0 Å². The third-order valence-corrected chi connectivity index (χ3v) is 2.90. The van der Waals surface area contributed by atoms with Crippen LogP contribution in [-0.2, 0) is 0 Å². The monoisotopic (exact) mass is 236 g/mol. The van der Waals surface area contributed by atoms with Gasteiger partial charge in [-0.1, -0.05) is 6.08 Å². The summed E-state index contributed by atoms with van der Waals surface area (Å²) in [7, 11) is 0.703. The van der Waals surface area contributed by atoms with Crippen LogP contribution in [0.25, 0.3) is 0 Å². The zero-order valence-corrected chi connectivity index (χ0v) is 8.48. The minimum atomic E-state index is -1.52. The largest absolute Gasteiger partial charge is 0.311 e. The molecule has 1 heterocycles. The van der Waals surface area contributed by atoms with Gasteiger partial charge in [0.1, 0.15) is 0 Å². The lowest BCUT2D eigenvalue weighted by Gasteiger charge is -2.16. The van der Waals surface area contributed by atoms with Crippen molar-refractivity contribution in [3.63, 3.8) is 0 Å². The van der Waals surface area contributed by atoms with Crippen molar-refractivity contribution in [2.24, 2.45) is 0 Å². The maximum atomic E-state index is 10.7. The number of rotatable bonds is 3. The molecule has 0 spiro atoms. The highest BCUT2D eigenvalue weighted by atomic mass is 33.1. The minimum Gasteiger partial charge on any atom is -0.202 e. The smallest absolute Gasteiger partial charge is 0.202 e. The Kier molecular flexibility index (Phi) is 3.13. The van der Waals surface area contributed by atoms with Gasteiger partial charge < -0.3 is 0 Å². The molecule has 0 aliphatic carbocycles. The van der Waals surface area contributed by atoms with E-state index in [2.05, 4.69) is 11.7 Å². The Morgan fingerprint density at radius 3 is 2.36 bits per heavy atom. The van der Waals surface area contributed by atoms with Crippen LogP contribution in [0, 0.1) is 20.2 Å². The predicted octanol–water partition coefficient (Wildman–Crippen LogP) is 1.18. The summed E-state index contributed by atoms with van der Waals surface area (Å²) in [6, 6.07) is 0. The molecule has 14 heavy (non-hydrogen) atoms. The van der Waals surface area contributed by atoms with Crippen LogP contribution in [0.4, 0.5) is 0 Å². The van der Waals surface area contributed by atoms with Crippen molar-refractivity contribution in [2.75, 3.05) is 6.54 Å². The number of thiol groups is 1. The molecule has 0 unspecified atom stereocenters. The predicted molar refractivity (Wildman–Crippen MR) is 52.9 cm³/mol. The molecule has 0 saturated heterocycles. The Morgan fingerprint density at radius 2 is 2.00 bits per heavy atom. The van der Waals surface area contributed by atoms with Crippen LogP contribution in [0.1, 0.15) is 0 Å². The van der Waals surface area contributed by atoms with E-state index in [0.717, 1.165) is 0 Å². The van der Waals surface area contributed by atoms with E-state index >= 15 is 0 Å². The zero-order valence-electron chi connectivity index (χ0n) is 6.77. The van der Waals surface area contributed by atoms with Crippen molar-refractivity contribution < 1.29 is 14.8 Å². The number of nitrogens with zero attached hydrogens (tertiary/aromatic N) is 3. The fourth-order valence-electron chi connectivity index (χ4n) is 1.02. The van der Waals surface area contributed by atoms with Gasteiger partial charge in [0, 0.05) is 16.9 Å². The van der Waals surface area contributed by atoms with Gasteiger partial charge in [0.2, 0.25) is 6.54 Å². The summed E-state index contributed by atoms with van der Waals surface area (Å²) < 4.78 is -1.52. The van der Waals surface area contributed by atoms with E-state index in [1.807, 2.05) is 0 Å². The van der Waals surface area contributed by atoms with Gasteiger partial charge in [-0.25, -0.2) is 20.2 Å². The van der Waals surface area contributed by atoms with Crippen molar-refractivity contribution in [3.8, 4) is 0 Å². The molecule has 0 radical (unpaired) electrons. The summed E-state index contributed by atoms with van der Waals surface area (Å²) in [5.74, 6) is 0. The average molecular weight is 236 g/mol. The van der Waals surface area contributed by atoms with Crippen LogP contribution in [0.5, 0.6) is 0 Å². The van der Waals surface area contributed by atoms with E-state index in [-0.39, 0.29) is 11.6 Å². The third kappa shape index (κ3) is 1.49. The first-order valence-corrected chi connectivity index (χ1v) is 5.29. The van der Waals surface area contributed by atoms with Crippen molar-refractivity contribution >= 4 is 22.5 Å². The SMILES string of the molecule is O=[N+]([O-])[N+]1([N+](=O)[O-])CC=CC=C1SS. The molecule has 0 fully saturated rings. The van der Waals surface area contributed by atoms with Gasteiger partial charge in [0.25, 0.3) is 4.70 Å². The fourth-order valence-corrected chi connectivity index (χ4v) is 2.07. The van der Waals surface area contributed by atoms with Crippen LogP contribution < -0.4 is 0 Å². The molecular weight excluding hydrogens is 230 g/mol. The van der Waals surface area contributed by atoms with Gasteiger partial charge in [-0.15, -0.1) is 11.7 Å². The lowest BCUT2D eigenvalue weighted by Crippen LogP contribution is -2.55. The molecule has 9 heteroatoms. The Hall–Kier alpha value is -1.06. The molecule has 0 bridgehead atoms. The van der Waals surface area contributed by atoms with E-state index in [1.54, 1.807) is 0 Å². The molecule has 7 nitrogen and oxygen atoms in total. The molecule has 1 aliphatic rings. The summed E-state index contributed by atoms with van der Waals surface area (Å²) in [4.78, 5) is 21.4. The quantitative estimate of drug-likeness (QED) is 0.261. The van der Waals surface area contributed by atoms with Gasteiger partial charge in [0.15, 0.2) is 0 Å². The molecule has 0 saturated carbocycles. The summed E-state index contributed by atoms with van der Waals surface area (Å²) in [5, 5.41) is 19.5. The molecule has 0 atom stereocenters. The fraction of sp³-hybridized carbons (Fsp3) is 0.200. The molecule has 1 aliphatic heterocycles. The molecule has 0 aromatic rings. The standard InChI is InChI=1S/C5H5N3O4S2/c9-6(10)8(7(11)12)4-2-1-3-5(8)14-13/h1-3H,4H2/p+1. The number of hydrogen-bond donors (Lipinski definition) is 1. The lowest BCUT2D eigenvalue weighted by atomic mass is 10.4. The summed E-state index contributed by atoms with van der Waals surface area (Å²) in [5.41, 5.74) is 0. The first-order chi connectivity index (χ1) is 6.55. The van der Waals surface area contributed by atoms with Crippen LogP contribution in [-0.4, -0.2) is 21.3 Å². The van der Waals surface area contributed by atoms with Gasteiger partial charge >= 0.3 is 15.1 Å². The second-order valence-corrected chi connectivity index (χ2v) is 3.56. The first kappa shape index (κ1) is 11.0. The van der Waals surface area contributed by atoms with E-state index in [9.17, 15) is 20.2 Å². The number of quaternary nitrogens is 1. The summed E-state index contributed by atoms with van der Waals surface area (Å²) >= 11 is 3.76. The second kappa shape index (κ2) is 3.98. The first-order valence-electron chi connectivity index (χ1n) is 3.42. The van der Waals surface area contributed by atoms with E-state index in [1.165, 1.54) is 18.2 Å². The van der Waals surface area contributed by atoms with Crippen molar-refractivity contribution in [1.29, 1.82) is 0 Å². The molecular formula is C5H6N3O4S2+. The van der Waals surface area contributed by atoms with Gasteiger partial charge in [0.05, 0.1) is 0 Å². The molecule has 1 rings (SSSR count). The molecule has 0 aromatic carbocycles. The van der Waals surface area contributed by atoms with Crippen LogP contribution >= 0.6 is 22.5 Å². The molecule has 0 N–H and O–H groups in total. The molecule has 76 valence electrons. The lowest BCUT2D eigenvalue weighted by molar-refractivity contribution is -1.53. The molecule has 0 amide bonds. The van der Waals surface area contributed by atoms with E-state index < -0.39 is 14.8 Å². The number of nitro groups is 2. The normalized spacial score (nSPS) is 18.8. The Bertz CT molecular complexity index is 326. The maximum Gasteiger partial charge on any atom is 0.311 e. The van der Waals surface area contributed by atoms with Crippen LogP contribution in [0.3, 0.4) is 0 Å². The van der Waals surface area contributed by atoms with E-state index in [4.69, 9.17) is 0 Å². The van der Waals surface area contributed by atoms with Gasteiger partial charge in [-0.2, -0.15) is 0 Å². The van der Waals surface area contributed by atoms with Crippen LogP contribution in [0.2, 0.25) is 0 Å². The summed E-state index contributed by atoms with van der Waals surface area (Å²) in [6.45, 7) is -0.306. The molecule has 0 aromatic heterocycles. The zero-order chi connectivity index (χ0) is 10.8. The summed E-state index contributed by atoms with van der Waals surface area (Å²) in [6.07, 6.45) is 4.22. The maximum absolute atomic E-state index is 10.7. The van der Waals surface area contributed by atoms with Crippen molar-refractivity contribution in [1.82, 2.24) is 0 Å². The topological polar surface area (TPSA) is 86.3 Å². The highest BCUT2D eigenvalue weighted by molar-refractivity contribution is 8.70. The average Bonchev–Trinajstić information content (AvgIpc) is 2.16. The Labute approximate surface area is 87.7 Å². The van der Waals surface area contributed by atoms with Crippen LogP contribution in [0.15, 0.2) is 23.3 Å². The van der Waals surface area contributed by atoms with Crippen molar-refractivity contribution in [3.05, 3.63) is 43.5 Å². The second-order valence-electron chi connectivity index (χ2n) is 2.41. The number of hydrogen-bond acceptors (Lipinski definition) is 6. The van der Waals surface area contributed by atoms with Gasteiger partial charge in [-0.05, 0) is 6.08 Å². The van der Waals surface area contributed by atoms with Gasteiger partial charge in [-0.3, -0.25) is 0 Å². The Morgan fingerprint density at radius 1 is 1.43 bits per heavy atom. The third-order valence-electron chi connectivity index (χ3n) is 1.72. The minimum absolute atomic E-state index is 0.0363. The van der Waals surface area contributed by atoms with E-state index in [0.29, 0.717) is 10.8 Å². The highest BCUT2D eigenvalue weighted by Crippen LogP contribution is 2.33. The number of allylic oxidation sites excluding steroid dienone is 2. The Balaban J connectivity index is 3.23. The highest BCUT2D eigenvalue weighted by Gasteiger charge is 2.59.